The third-order valence-corrected chi connectivity index (χ3v) is 7.72. The van der Waals surface area contributed by atoms with E-state index < -0.39 is 18.4 Å². The number of carbonyl (C=O) groups is 2. The molecule has 2 heterocycles. The largest absolute Gasteiger partial charge is 0.489 e. The minimum Gasteiger partial charge on any atom is -0.489 e. The van der Waals surface area contributed by atoms with Gasteiger partial charge in [-0.15, -0.1) is 0 Å². The number of thioether (sulfide) groups is 1. The first-order valence-electron chi connectivity index (χ1n) is 11.6. The van der Waals surface area contributed by atoms with Crippen molar-refractivity contribution in [2.75, 3.05) is 6.54 Å². The Bertz CT molecular complexity index is 1610. The average molecular weight is 597 g/mol. The zero-order valence-electron chi connectivity index (χ0n) is 20.1. The van der Waals surface area contributed by atoms with Gasteiger partial charge in [-0.2, -0.15) is 5.10 Å². The molecule has 0 radical (unpaired) electrons. The second-order valence-electron chi connectivity index (χ2n) is 8.42. The van der Waals surface area contributed by atoms with E-state index in [2.05, 4.69) is 0 Å². The molecule has 7 nitrogen and oxygen atoms in total. The summed E-state index contributed by atoms with van der Waals surface area (Å²) in [5.41, 5.74) is 3.77. The van der Waals surface area contributed by atoms with Gasteiger partial charge in [0.25, 0.3) is 5.91 Å². The van der Waals surface area contributed by atoms with E-state index in [0.29, 0.717) is 32.0 Å². The van der Waals surface area contributed by atoms with E-state index in [0.717, 1.165) is 33.5 Å². The van der Waals surface area contributed by atoms with Crippen molar-refractivity contribution >= 4 is 69.5 Å². The van der Waals surface area contributed by atoms with Crippen LogP contribution in [0.1, 0.15) is 11.1 Å². The Hall–Kier alpha value is -3.63. The predicted octanol–water partition coefficient (Wildman–Crippen LogP) is 6.71. The standard InChI is InChI=1S/C28H19Cl2N3O4S2/c29-20-9-6-18(23(30)13-20)16-37-22-10-7-17(8-11-22)26-19(14-33(31-26)21-4-2-1-3-5-21)12-24-27(36)32(15-25(34)35)28(38)39-24/h1-14H,15-16H2,(H,34,35). The summed E-state index contributed by atoms with van der Waals surface area (Å²) in [6.07, 6.45) is 3.51. The third kappa shape index (κ3) is 6.17. The van der Waals surface area contributed by atoms with E-state index in [1.165, 1.54) is 0 Å². The van der Waals surface area contributed by atoms with Crippen LogP contribution in [0.3, 0.4) is 0 Å². The van der Waals surface area contributed by atoms with Crippen molar-refractivity contribution in [3.8, 4) is 22.7 Å². The van der Waals surface area contributed by atoms with Crippen molar-refractivity contribution in [1.82, 2.24) is 14.7 Å². The lowest BCUT2D eigenvalue weighted by atomic mass is 10.1. The molecule has 4 aromatic rings. The Morgan fingerprint density at radius 3 is 2.51 bits per heavy atom. The molecule has 0 spiro atoms. The molecule has 39 heavy (non-hydrogen) atoms. The number of hydrogen-bond acceptors (Lipinski definition) is 6. The molecule has 196 valence electrons. The average Bonchev–Trinajstić information content (AvgIpc) is 3.45. The number of para-hydroxylation sites is 1. The highest BCUT2D eigenvalue weighted by Crippen LogP contribution is 2.35. The molecule has 1 amide bonds. The van der Waals surface area contributed by atoms with Crippen LogP contribution in [0.15, 0.2) is 83.9 Å². The number of halogens is 2. The number of carboxylic acid groups (broad SMARTS) is 1. The summed E-state index contributed by atoms with van der Waals surface area (Å²) in [5, 5.41) is 15.0. The van der Waals surface area contributed by atoms with E-state index in [1.54, 1.807) is 22.9 Å². The maximum absolute atomic E-state index is 12.9. The molecule has 0 aliphatic carbocycles. The number of benzene rings is 3. The highest BCUT2D eigenvalue weighted by Gasteiger charge is 2.33. The maximum Gasteiger partial charge on any atom is 0.323 e. The van der Waals surface area contributed by atoms with Crippen LogP contribution in [0.25, 0.3) is 23.0 Å². The normalized spacial score (nSPS) is 14.3. The van der Waals surface area contributed by atoms with Crippen LogP contribution in [0.2, 0.25) is 10.0 Å². The van der Waals surface area contributed by atoms with E-state index in [9.17, 15) is 9.59 Å². The van der Waals surface area contributed by atoms with Crippen LogP contribution in [0.5, 0.6) is 5.75 Å². The van der Waals surface area contributed by atoms with Gasteiger partial charge in [-0.25, -0.2) is 4.68 Å². The first-order valence-corrected chi connectivity index (χ1v) is 13.6. The van der Waals surface area contributed by atoms with Gasteiger partial charge in [0.15, 0.2) is 0 Å². The Morgan fingerprint density at radius 2 is 1.82 bits per heavy atom. The number of ether oxygens (including phenoxy) is 1. The van der Waals surface area contributed by atoms with Gasteiger partial charge in [0.1, 0.15) is 23.2 Å². The smallest absolute Gasteiger partial charge is 0.323 e. The second kappa shape index (κ2) is 11.6. The highest BCUT2D eigenvalue weighted by molar-refractivity contribution is 8.26. The molecule has 1 saturated heterocycles. The third-order valence-electron chi connectivity index (χ3n) is 5.75. The summed E-state index contributed by atoms with van der Waals surface area (Å²) in [4.78, 5) is 25.5. The van der Waals surface area contributed by atoms with Crippen LogP contribution in [-0.4, -0.2) is 42.5 Å². The summed E-state index contributed by atoms with van der Waals surface area (Å²) >= 11 is 18.5. The van der Waals surface area contributed by atoms with Gasteiger partial charge in [-0.3, -0.25) is 14.5 Å². The molecule has 11 heteroatoms. The Balaban J connectivity index is 1.44. The molecule has 0 saturated carbocycles. The zero-order valence-corrected chi connectivity index (χ0v) is 23.2. The zero-order chi connectivity index (χ0) is 27.5. The SMILES string of the molecule is O=C(O)CN1C(=O)C(=Cc2cn(-c3ccccc3)nc2-c2ccc(OCc3ccc(Cl)cc3Cl)cc2)SC1=S. The number of thiocarbonyl (C=S) groups is 1. The number of nitrogens with zero attached hydrogens (tertiary/aromatic N) is 3. The maximum atomic E-state index is 12.9. The molecule has 1 fully saturated rings. The molecule has 0 atom stereocenters. The number of carbonyl (C=O) groups excluding carboxylic acids is 1. The molecule has 1 aromatic heterocycles. The van der Waals surface area contributed by atoms with Crippen molar-refractivity contribution in [2.24, 2.45) is 0 Å². The van der Waals surface area contributed by atoms with Gasteiger partial charge in [0, 0.05) is 32.9 Å². The van der Waals surface area contributed by atoms with Crippen molar-refractivity contribution in [3.63, 3.8) is 0 Å². The molecule has 1 N–H and O–H groups in total. The van der Waals surface area contributed by atoms with Crippen molar-refractivity contribution in [2.45, 2.75) is 6.61 Å². The Kier molecular flexibility index (Phi) is 8.04. The van der Waals surface area contributed by atoms with E-state index in [4.69, 9.17) is 50.4 Å². The molecule has 1 aliphatic heterocycles. The van der Waals surface area contributed by atoms with Gasteiger partial charge < -0.3 is 9.84 Å². The summed E-state index contributed by atoms with van der Waals surface area (Å²) in [7, 11) is 0. The molecule has 3 aromatic carbocycles. The molecular formula is C28H19Cl2N3O4S2. The van der Waals surface area contributed by atoms with Crippen LogP contribution >= 0.6 is 47.2 Å². The molecule has 5 rings (SSSR count). The minimum absolute atomic E-state index is 0.202. The van der Waals surface area contributed by atoms with Crippen LogP contribution in [0, 0.1) is 0 Å². The van der Waals surface area contributed by atoms with Crippen LogP contribution in [0.4, 0.5) is 0 Å². The summed E-state index contributed by atoms with van der Waals surface area (Å²) in [6, 6.07) is 22.2. The highest BCUT2D eigenvalue weighted by atomic mass is 35.5. The van der Waals surface area contributed by atoms with Crippen LogP contribution < -0.4 is 4.74 Å². The topological polar surface area (TPSA) is 84.7 Å². The monoisotopic (exact) mass is 595 g/mol. The Labute approximate surface area is 243 Å². The minimum atomic E-state index is -1.13. The predicted molar refractivity (Wildman–Crippen MR) is 157 cm³/mol. The summed E-state index contributed by atoms with van der Waals surface area (Å²) in [6.45, 7) is -0.206. The second-order valence-corrected chi connectivity index (χ2v) is 10.9. The van der Waals surface area contributed by atoms with Gasteiger partial charge in [-0.1, -0.05) is 71.4 Å². The van der Waals surface area contributed by atoms with Crippen LogP contribution in [-0.2, 0) is 16.2 Å². The quantitative estimate of drug-likeness (QED) is 0.179. The van der Waals surface area contributed by atoms with E-state index in [-0.39, 0.29) is 10.9 Å². The fourth-order valence-corrected chi connectivity index (χ4v) is 5.56. The number of amides is 1. The lowest BCUT2D eigenvalue weighted by molar-refractivity contribution is -0.140. The molecule has 0 unspecified atom stereocenters. The number of carboxylic acids is 1. The van der Waals surface area contributed by atoms with Gasteiger partial charge in [0.05, 0.1) is 16.3 Å². The number of aromatic nitrogens is 2. The summed E-state index contributed by atoms with van der Waals surface area (Å²) in [5.74, 6) is -0.940. The molecular weight excluding hydrogens is 577 g/mol. The van der Waals surface area contributed by atoms with Gasteiger partial charge >= 0.3 is 5.97 Å². The van der Waals surface area contributed by atoms with E-state index in [1.807, 2.05) is 66.9 Å². The first kappa shape index (κ1) is 27.0. The Morgan fingerprint density at radius 1 is 1.08 bits per heavy atom. The fraction of sp³-hybridized carbons (Fsp3) is 0.0714. The van der Waals surface area contributed by atoms with Gasteiger partial charge in [0.2, 0.25) is 0 Å². The van der Waals surface area contributed by atoms with E-state index >= 15 is 0 Å². The van der Waals surface area contributed by atoms with Crippen molar-refractivity contribution < 1.29 is 19.4 Å². The first-order chi connectivity index (χ1) is 18.8. The molecule has 0 bridgehead atoms. The lowest BCUT2D eigenvalue weighted by Crippen LogP contribution is -2.33. The lowest BCUT2D eigenvalue weighted by Gasteiger charge is -2.10. The number of hydrogen-bond donors (Lipinski definition) is 1. The van der Waals surface area contributed by atoms with Gasteiger partial charge in [-0.05, 0) is 54.6 Å². The summed E-state index contributed by atoms with van der Waals surface area (Å²) < 4.78 is 7.83. The van der Waals surface area contributed by atoms with Crippen molar-refractivity contribution in [3.05, 3.63) is 105 Å². The fourth-order valence-electron chi connectivity index (χ4n) is 3.85. The number of aliphatic carboxylic acids is 1. The molecule has 1 aliphatic rings. The van der Waals surface area contributed by atoms with Crippen molar-refractivity contribution in [1.29, 1.82) is 0 Å². The number of rotatable bonds is 8.